The number of rotatable bonds is 4. The van der Waals surface area contributed by atoms with Crippen LogP contribution in [0.1, 0.15) is 16.8 Å². The van der Waals surface area contributed by atoms with Gasteiger partial charge in [0.05, 0.1) is 34.6 Å². The summed E-state index contributed by atoms with van der Waals surface area (Å²) in [4.78, 5) is 25.6. The van der Waals surface area contributed by atoms with Crippen LogP contribution < -0.4 is 0 Å². The molecule has 29 heavy (non-hydrogen) atoms. The number of para-hydroxylation sites is 2. The number of nitriles is 1. The molecule has 0 atom stereocenters. The molecule has 6 nitrogen and oxygen atoms in total. The summed E-state index contributed by atoms with van der Waals surface area (Å²) in [7, 11) is 0. The van der Waals surface area contributed by atoms with Crippen LogP contribution in [0.15, 0.2) is 60.8 Å². The van der Waals surface area contributed by atoms with E-state index in [4.69, 9.17) is 5.26 Å². The van der Waals surface area contributed by atoms with Gasteiger partial charge in [-0.25, -0.2) is 4.98 Å². The van der Waals surface area contributed by atoms with Gasteiger partial charge in [0.15, 0.2) is 0 Å². The fraction of sp³-hybridized carbons (Fsp3) is 0.217. The summed E-state index contributed by atoms with van der Waals surface area (Å²) in [5, 5.41) is 8.88. The van der Waals surface area contributed by atoms with Gasteiger partial charge >= 0.3 is 0 Å². The van der Waals surface area contributed by atoms with Crippen LogP contribution in [0.5, 0.6) is 0 Å². The standard InChI is InChI=1S/C23H21N5O/c24-15-18-5-7-19(8-6-18)17-27-11-13-28(14-12-27)23(29)10-9-20-16-25-21-3-1-2-4-22(21)26-20/h1-10,16H,11-14,17H2. The first-order chi connectivity index (χ1) is 14.2. The Labute approximate surface area is 169 Å². The van der Waals surface area contributed by atoms with Gasteiger partial charge < -0.3 is 4.90 Å². The topological polar surface area (TPSA) is 73.1 Å². The molecule has 0 N–H and O–H groups in total. The summed E-state index contributed by atoms with van der Waals surface area (Å²) in [6.07, 6.45) is 4.99. The van der Waals surface area contributed by atoms with E-state index in [9.17, 15) is 4.79 Å². The average molecular weight is 383 g/mol. The second-order valence-corrected chi connectivity index (χ2v) is 7.03. The normalized spacial score (nSPS) is 14.9. The molecule has 0 unspecified atom stereocenters. The molecular formula is C23H21N5O. The van der Waals surface area contributed by atoms with E-state index in [1.807, 2.05) is 53.4 Å². The zero-order valence-electron chi connectivity index (χ0n) is 16.0. The minimum atomic E-state index is -0.00187. The van der Waals surface area contributed by atoms with Crippen molar-refractivity contribution in [2.24, 2.45) is 0 Å². The van der Waals surface area contributed by atoms with Crippen molar-refractivity contribution in [2.75, 3.05) is 26.2 Å². The van der Waals surface area contributed by atoms with Crippen molar-refractivity contribution < 1.29 is 4.79 Å². The smallest absolute Gasteiger partial charge is 0.246 e. The lowest BCUT2D eigenvalue weighted by molar-refractivity contribution is -0.127. The molecule has 1 aromatic heterocycles. The van der Waals surface area contributed by atoms with Crippen molar-refractivity contribution in [3.8, 4) is 6.07 Å². The Balaban J connectivity index is 1.31. The van der Waals surface area contributed by atoms with Gasteiger partial charge in [-0.2, -0.15) is 5.26 Å². The molecule has 2 heterocycles. The summed E-state index contributed by atoms with van der Waals surface area (Å²) in [6, 6.07) is 17.5. The fourth-order valence-electron chi connectivity index (χ4n) is 3.38. The average Bonchev–Trinajstić information content (AvgIpc) is 2.78. The first kappa shape index (κ1) is 18.8. The van der Waals surface area contributed by atoms with Crippen LogP contribution >= 0.6 is 0 Å². The number of aromatic nitrogens is 2. The molecule has 144 valence electrons. The number of hydrogen-bond acceptors (Lipinski definition) is 5. The third kappa shape index (κ3) is 4.65. The maximum Gasteiger partial charge on any atom is 0.246 e. The summed E-state index contributed by atoms with van der Waals surface area (Å²) in [5.74, 6) is -0.00187. The SMILES string of the molecule is N#Cc1ccc(CN2CCN(C(=O)C=Cc3cnc4ccccc4n3)CC2)cc1. The van der Waals surface area contributed by atoms with E-state index in [1.165, 1.54) is 5.56 Å². The lowest BCUT2D eigenvalue weighted by Gasteiger charge is -2.34. The monoisotopic (exact) mass is 383 g/mol. The van der Waals surface area contributed by atoms with Gasteiger partial charge in [0.2, 0.25) is 5.91 Å². The molecule has 6 heteroatoms. The predicted octanol–water partition coefficient (Wildman–Crippen LogP) is 2.86. The number of piperazine rings is 1. The number of carbonyl (C=O) groups is 1. The number of amides is 1. The van der Waals surface area contributed by atoms with Gasteiger partial charge in [0.1, 0.15) is 0 Å². The molecule has 0 aliphatic carbocycles. The summed E-state index contributed by atoms with van der Waals surface area (Å²) >= 11 is 0. The summed E-state index contributed by atoms with van der Waals surface area (Å²) < 4.78 is 0. The molecule has 0 spiro atoms. The van der Waals surface area contributed by atoms with Gasteiger partial charge in [-0.3, -0.25) is 14.7 Å². The third-order valence-electron chi connectivity index (χ3n) is 5.04. The Morgan fingerprint density at radius 1 is 1.03 bits per heavy atom. The van der Waals surface area contributed by atoms with E-state index < -0.39 is 0 Å². The maximum atomic E-state index is 12.5. The van der Waals surface area contributed by atoms with Crippen molar-refractivity contribution in [1.29, 1.82) is 5.26 Å². The number of carbonyl (C=O) groups excluding carboxylic acids is 1. The minimum Gasteiger partial charge on any atom is -0.337 e. The van der Waals surface area contributed by atoms with E-state index in [1.54, 1.807) is 18.3 Å². The van der Waals surface area contributed by atoms with E-state index >= 15 is 0 Å². The van der Waals surface area contributed by atoms with E-state index in [-0.39, 0.29) is 5.91 Å². The van der Waals surface area contributed by atoms with Gasteiger partial charge in [0.25, 0.3) is 0 Å². The zero-order chi connectivity index (χ0) is 20.1. The molecular weight excluding hydrogens is 362 g/mol. The first-order valence-corrected chi connectivity index (χ1v) is 9.61. The van der Waals surface area contributed by atoms with Crippen molar-refractivity contribution in [2.45, 2.75) is 6.54 Å². The summed E-state index contributed by atoms with van der Waals surface area (Å²) in [6.45, 7) is 3.88. The number of benzene rings is 2. The molecule has 0 radical (unpaired) electrons. The molecule has 2 aromatic carbocycles. The highest BCUT2D eigenvalue weighted by atomic mass is 16.2. The van der Waals surface area contributed by atoms with Crippen molar-refractivity contribution >= 4 is 23.0 Å². The second-order valence-electron chi connectivity index (χ2n) is 7.03. The van der Waals surface area contributed by atoms with Crippen LogP contribution in [-0.2, 0) is 11.3 Å². The van der Waals surface area contributed by atoms with Crippen molar-refractivity contribution in [3.63, 3.8) is 0 Å². The highest BCUT2D eigenvalue weighted by molar-refractivity contribution is 5.91. The van der Waals surface area contributed by atoms with Crippen molar-refractivity contribution in [3.05, 3.63) is 77.6 Å². The predicted molar refractivity (Wildman–Crippen MR) is 112 cm³/mol. The molecule has 1 aliphatic rings. The van der Waals surface area contributed by atoms with Gasteiger partial charge in [-0.05, 0) is 35.9 Å². The Morgan fingerprint density at radius 2 is 1.76 bits per heavy atom. The Bertz CT molecular complexity index is 1080. The highest BCUT2D eigenvalue weighted by Crippen LogP contribution is 2.12. The Morgan fingerprint density at radius 3 is 2.48 bits per heavy atom. The Kier molecular flexibility index (Phi) is 5.59. The number of fused-ring (bicyclic) bond motifs is 1. The fourth-order valence-corrected chi connectivity index (χ4v) is 3.38. The number of nitrogens with zero attached hydrogens (tertiary/aromatic N) is 5. The van der Waals surface area contributed by atoms with Crippen molar-refractivity contribution in [1.82, 2.24) is 19.8 Å². The molecule has 3 aromatic rings. The lowest BCUT2D eigenvalue weighted by Crippen LogP contribution is -2.47. The number of hydrogen-bond donors (Lipinski definition) is 0. The largest absolute Gasteiger partial charge is 0.337 e. The van der Waals surface area contributed by atoms with Gasteiger partial charge in [-0.15, -0.1) is 0 Å². The second kappa shape index (κ2) is 8.63. The molecule has 1 aliphatic heterocycles. The van der Waals surface area contributed by atoms with E-state index in [2.05, 4.69) is 20.9 Å². The quantitative estimate of drug-likeness (QED) is 0.648. The highest BCUT2D eigenvalue weighted by Gasteiger charge is 2.19. The van der Waals surface area contributed by atoms with Crippen LogP contribution in [0.3, 0.4) is 0 Å². The molecule has 0 saturated carbocycles. The molecule has 1 saturated heterocycles. The zero-order valence-corrected chi connectivity index (χ0v) is 16.0. The lowest BCUT2D eigenvalue weighted by atomic mass is 10.1. The van der Waals surface area contributed by atoms with Crippen LogP contribution in [0.25, 0.3) is 17.1 Å². The molecule has 1 fully saturated rings. The maximum absolute atomic E-state index is 12.5. The van der Waals surface area contributed by atoms with E-state index in [0.29, 0.717) is 24.3 Å². The Hall–Kier alpha value is -3.56. The van der Waals surface area contributed by atoms with Gasteiger partial charge in [0, 0.05) is 38.8 Å². The first-order valence-electron chi connectivity index (χ1n) is 9.61. The van der Waals surface area contributed by atoms with Crippen LogP contribution in [0, 0.1) is 11.3 Å². The minimum absolute atomic E-state index is 0.00187. The molecule has 0 bridgehead atoms. The summed E-state index contributed by atoms with van der Waals surface area (Å²) in [5.41, 5.74) is 4.19. The molecule has 1 amide bonds. The third-order valence-corrected chi connectivity index (χ3v) is 5.04. The van der Waals surface area contributed by atoms with Gasteiger partial charge in [-0.1, -0.05) is 24.3 Å². The molecule has 4 rings (SSSR count). The van der Waals surface area contributed by atoms with Crippen LogP contribution in [-0.4, -0.2) is 51.9 Å². The van der Waals surface area contributed by atoms with Crippen LogP contribution in [0.4, 0.5) is 0 Å². The van der Waals surface area contributed by atoms with Crippen LogP contribution in [0.2, 0.25) is 0 Å². The van der Waals surface area contributed by atoms with E-state index in [0.717, 1.165) is 30.7 Å².